The Morgan fingerprint density at radius 3 is 2.64 bits per heavy atom. The minimum atomic E-state index is 0.505. The van der Waals surface area contributed by atoms with Crippen molar-refractivity contribution >= 4 is 16.7 Å². The van der Waals surface area contributed by atoms with Crippen molar-refractivity contribution < 1.29 is 4.74 Å². The molecule has 0 saturated heterocycles. The topological polar surface area (TPSA) is 47.0 Å². The Balaban J connectivity index is 1.77. The third-order valence-corrected chi connectivity index (χ3v) is 4.88. The van der Waals surface area contributed by atoms with Gasteiger partial charge >= 0.3 is 0 Å². The van der Waals surface area contributed by atoms with E-state index in [1.165, 1.54) is 32.1 Å². The zero-order chi connectivity index (χ0) is 17.1. The third kappa shape index (κ3) is 3.43. The van der Waals surface area contributed by atoms with E-state index in [4.69, 9.17) is 14.7 Å². The van der Waals surface area contributed by atoms with Gasteiger partial charge in [-0.05, 0) is 37.1 Å². The second-order valence-corrected chi connectivity index (χ2v) is 6.62. The molecule has 1 N–H and O–H groups in total. The quantitative estimate of drug-likeness (QED) is 0.726. The largest absolute Gasteiger partial charge is 0.497 e. The molecule has 4 heteroatoms. The number of rotatable bonds is 4. The molecule has 0 unspecified atom stereocenters. The van der Waals surface area contributed by atoms with E-state index in [0.717, 1.165) is 33.9 Å². The minimum absolute atomic E-state index is 0.505. The standard InChI is InChI=1S/C21H23N3O/c1-25-17-11-7-8-15(14-17)20-23-19-13-6-5-12-18(19)21(24-20)22-16-9-3-2-4-10-16/h5-8,11-14,16H,2-4,9-10H2,1H3,(H,22,23,24). The highest BCUT2D eigenvalue weighted by molar-refractivity contribution is 5.90. The van der Waals surface area contributed by atoms with Crippen LogP contribution < -0.4 is 10.1 Å². The van der Waals surface area contributed by atoms with E-state index < -0.39 is 0 Å². The zero-order valence-electron chi connectivity index (χ0n) is 14.5. The van der Waals surface area contributed by atoms with E-state index >= 15 is 0 Å². The molecule has 2 aromatic carbocycles. The molecule has 0 spiro atoms. The monoisotopic (exact) mass is 333 g/mol. The van der Waals surface area contributed by atoms with Crippen molar-refractivity contribution in [2.24, 2.45) is 0 Å². The van der Waals surface area contributed by atoms with E-state index in [-0.39, 0.29) is 0 Å². The molecule has 25 heavy (non-hydrogen) atoms. The van der Waals surface area contributed by atoms with Crippen LogP contribution >= 0.6 is 0 Å². The lowest BCUT2D eigenvalue weighted by Gasteiger charge is -2.24. The van der Waals surface area contributed by atoms with Gasteiger partial charge in [-0.1, -0.05) is 43.5 Å². The molecule has 1 aliphatic rings. The summed E-state index contributed by atoms with van der Waals surface area (Å²) in [6.45, 7) is 0. The van der Waals surface area contributed by atoms with Crippen molar-refractivity contribution in [3.05, 3.63) is 48.5 Å². The molecule has 1 heterocycles. The lowest BCUT2D eigenvalue weighted by atomic mass is 9.95. The maximum absolute atomic E-state index is 5.34. The van der Waals surface area contributed by atoms with Gasteiger partial charge in [0.25, 0.3) is 0 Å². The molecule has 3 aromatic rings. The summed E-state index contributed by atoms with van der Waals surface area (Å²) in [5.41, 5.74) is 1.94. The molecule has 1 fully saturated rings. The number of hydrogen-bond donors (Lipinski definition) is 1. The molecule has 0 aliphatic heterocycles. The Kier molecular flexibility index (Phi) is 4.51. The van der Waals surface area contributed by atoms with E-state index in [0.29, 0.717) is 6.04 Å². The van der Waals surface area contributed by atoms with E-state index in [1.54, 1.807) is 7.11 Å². The fourth-order valence-electron chi connectivity index (χ4n) is 3.52. The average Bonchev–Trinajstić information content (AvgIpc) is 2.69. The fraction of sp³-hybridized carbons (Fsp3) is 0.333. The van der Waals surface area contributed by atoms with E-state index in [1.807, 2.05) is 42.5 Å². The SMILES string of the molecule is COc1cccc(-c2nc(NC3CCCCC3)c3ccccc3n2)c1. The minimum Gasteiger partial charge on any atom is -0.497 e. The highest BCUT2D eigenvalue weighted by Gasteiger charge is 2.16. The molecule has 0 bridgehead atoms. The summed E-state index contributed by atoms with van der Waals surface area (Å²) in [5, 5.41) is 4.76. The van der Waals surface area contributed by atoms with Crippen LogP contribution in [0.1, 0.15) is 32.1 Å². The smallest absolute Gasteiger partial charge is 0.162 e. The van der Waals surface area contributed by atoms with Crippen molar-refractivity contribution in [3.8, 4) is 17.1 Å². The van der Waals surface area contributed by atoms with Crippen LogP contribution in [0.25, 0.3) is 22.3 Å². The predicted molar refractivity (Wildman–Crippen MR) is 102 cm³/mol. The van der Waals surface area contributed by atoms with Crippen LogP contribution in [0.2, 0.25) is 0 Å². The molecule has 1 aliphatic carbocycles. The van der Waals surface area contributed by atoms with Gasteiger partial charge in [-0.2, -0.15) is 0 Å². The van der Waals surface area contributed by atoms with Gasteiger partial charge in [0.2, 0.25) is 0 Å². The second-order valence-electron chi connectivity index (χ2n) is 6.62. The maximum atomic E-state index is 5.34. The fourth-order valence-corrected chi connectivity index (χ4v) is 3.52. The molecule has 0 atom stereocenters. The number of methoxy groups -OCH3 is 1. The highest BCUT2D eigenvalue weighted by atomic mass is 16.5. The highest BCUT2D eigenvalue weighted by Crippen LogP contribution is 2.29. The van der Waals surface area contributed by atoms with Gasteiger partial charge in [0.05, 0.1) is 12.6 Å². The molecular weight excluding hydrogens is 310 g/mol. The normalized spacial score (nSPS) is 15.2. The number of fused-ring (bicyclic) bond motifs is 1. The number of benzene rings is 2. The van der Waals surface area contributed by atoms with Gasteiger partial charge in [0, 0.05) is 17.0 Å². The lowest BCUT2D eigenvalue weighted by molar-refractivity contribution is 0.415. The van der Waals surface area contributed by atoms with Crippen LogP contribution in [0.5, 0.6) is 5.75 Å². The van der Waals surface area contributed by atoms with Crippen molar-refractivity contribution in [2.75, 3.05) is 12.4 Å². The first-order valence-electron chi connectivity index (χ1n) is 9.01. The Hall–Kier alpha value is -2.62. The molecule has 0 amide bonds. The summed E-state index contributed by atoms with van der Waals surface area (Å²) in [5.74, 6) is 2.49. The first-order valence-corrected chi connectivity index (χ1v) is 9.01. The Morgan fingerprint density at radius 2 is 1.80 bits per heavy atom. The summed E-state index contributed by atoms with van der Waals surface area (Å²) in [6.07, 6.45) is 6.37. The number of nitrogens with zero attached hydrogens (tertiary/aromatic N) is 2. The molecule has 128 valence electrons. The second kappa shape index (κ2) is 7.09. The van der Waals surface area contributed by atoms with Crippen LogP contribution in [-0.4, -0.2) is 23.1 Å². The summed E-state index contributed by atoms with van der Waals surface area (Å²) in [6, 6.07) is 16.6. The summed E-state index contributed by atoms with van der Waals surface area (Å²) < 4.78 is 5.34. The maximum Gasteiger partial charge on any atom is 0.162 e. The number of ether oxygens (including phenoxy) is 1. The molecule has 4 rings (SSSR count). The third-order valence-electron chi connectivity index (χ3n) is 4.88. The molecule has 4 nitrogen and oxygen atoms in total. The van der Waals surface area contributed by atoms with Crippen molar-refractivity contribution in [1.29, 1.82) is 0 Å². The van der Waals surface area contributed by atoms with Crippen LogP contribution in [0.15, 0.2) is 48.5 Å². The van der Waals surface area contributed by atoms with Gasteiger partial charge in [0.15, 0.2) is 5.82 Å². The Bertz CT molecular complexity index is 872. The molecular formula is C21H23N3O. The van der Waals surface area contributed by atoms with Crippen LogP contribution in [0.4, 0.5) is 5.82 Å². The summed E-state index contributed by atoms with van der Waals surface area (Å²) in [4.78, 5) is 9.63. The number of para-hydroxylation sites is 1. The summed E-state index contributed by atoms with van der Waals surface area (Å²) in [7, 11) is 1.68. The van der Waals surface area contributed by atoms with E-state index in [9.17, 15) is 0 Å². The predicted octanol–water partition coefficient (Wildman–Crippen LogP) is 5.05. The average molecular weight is 333 g/mol. The van der Waals surface area contributed by atoms with E-state index in [2.05, 4.69) is 11.4 Å². The van der Waals surface area contributed by atoms with Crippen molar-refractivity contribution in [2.45, 2.75) is 38.1 Å². The van der Waals surface area contributed by atoms with Crippen LogP contribution in [-0.2, 0) is 0 Å². The van der Waals surface area contributed by atoms with Crippen LogP contribution in [0, 0.1) is 0 Å². The van der Waals surface area contributed by atoms with Crippen molar-refractivity contribution in [3.63, 3.8) is 0 Å². The first-order chi connectivity index (χ1) is 12.3. The van der Waals surface area contributed by atoms with Gasteiger partial charge in [0.1, 0.15) is 11.6 Å². The molecule has 1 aromatic heterocycles. The van der Waals surface area contributed by atoms with Crippen molar-refractivity contribution in [1.82, 2.24) is 9.97 Å². The first kappa shape index (κ1) is 15.9. The Labute approximate surface area is 148 Å². The molecule has 0 radical (unpaired) electrons. The number of anilines is 1. The number of hydrogen-bond acceptors (Lipinski definition) is 4. The lowest BCUT2D eigenvalue weighted by Crippen LogP contribution is -2.23. The molecule has 1 saturated carbocycles. The van der Waals surface area contributed by atoms with Crippen LogP contribution in [0.3, 0.4) is 0 Å². The zero-order valence-corrected chi connectivity index (χ0v) is 14.5. The van der Waals surface area contributed by atoms with Gasteiger partial charge in [-0.15, -0.1) is 0 Å². The van der Waals surface area contributed by atoms with Gasteiger partial charge < -0.3 is 10.1 Å². The summed E-state index contributed by atoms with van der Waals surface area (Å²) >= 11 is 0. The van der Waals surface area contributed by atoms with Gasteiger partial charge in [-0.25, -0.2) is 9.97 Å². The van der Waals surface area contributed by atoms with Gasteiger partial charge in [-0.3, -0.25) is 0 Å². The Morgan fingerprint density at radius 1 is 0.960 bits per heavy atom. The number of nitrogens with one attached hydrogen (secondary N) is 1. The number of aromatic nitrogens is 2.